The highest BCUT2D eigenvalue weighted by molar-refractivity contribution is 7.13. The monoisotopic (exact) mass is 243 g/mol. The second-order valence-corrected chi connectivity index (χ2v) is 5.51. The number of hydrogen-bond donors (Lipinski definition) is 1. The van der Waals surface area contributed by atoms with Crippen molar-refractivity contribution < 1.29 is 0 Å². The third-order valence-corrected chi connectivity index (χ3v) is 4.49. The predicted molar refractivity (Wildman–Crippen MR) is 74.6 cm³/mol. The van der Waals surface area contributed by atoms with E-state index in [4.69, 9.17) is 0 Å². The van der Waals surface area contributed by atoms with Crippen LogP contribution < -0.4 is 5.32 Å². The second kappa shape index (κ2) is 5.03. The average molecular weight is 243 g/mol. The summed E-state index contributed by atoms with van der Waals surface area (Å²) in [6.45, 7) is 2.32. The van der Waals surface area contributed by atoms with Gasteiger partial charge < -0.3 is 5.32 Å². The van der Waals surface area contributed by atoms with Gasteiger partial charge in [0.1, 0.15) is 0 Å². The van der Waals surface area contributed by atoms with E-state index >= 15 is 0 Å². The summed E-state index contributed by atoms with van der Waals surface area (Å²) in [5.74, 6) is 0.748. The van der Waals surface area contributed by atoms with Crippen molar-refractivity contribution in [1.82, 2.24) is 5.32 Å². The van der Waals surface area contributed by atoms with Crippen molar-refractivity contribution in [2.45, 2.75) is 18.8 Å². The molecule has 0 amide bonds. The highest BCUT2D eigenvalue weighted by Gasteiger charge is 2.19. The van der Waals surface area contributed by atoms with E-state index in [1.54, 1.807) is 5.56 Å². The summed E-state index contributed by atoms with van der Waals surface area (Å²) in [7, 11) is 0. The molecule has 1 nitrogen and oxygen atoms in total. The molecule has 2 heterocycles. The van der Waals surface area contributed by atoms with Crippen molar-refractivity contribution in [2.75, 3.05) is 13.1 Å². The van der Waals surface area contributed by atoms with E-state index in [9.17, 15) is 0 Å². The lowest BCUT2D eigenvalue weighted by atomic mass is 9.89. The molecule has 17 heavy (non-hydrogen) atoms. The van der Waals surface area contributed by atoms with Crippen molar-refractivity contribution >= 4 is 11.3 Å². The Bertz CT molecular complexity index is 469. The zero-order chi connectivity index (χ0) is 11.5. The van der Waals surface area contributed by atoms with E-state index in [-0.39, 0.29) is 0 Å². The van der Waals surface area contributed by atoms with E-state index in [0.717, 1.165) is 19.0 Å². The maximum absolute atomic E-state index is 3.44. The van der Waals surface area contributed by atoms with Crippen LogP contribution >= 0.6 is 11.3 Å². The summed E-state index contributed by atoms with van der Waals surface area (Å²) in [6.07, 6.45) is 2.55. The third-order valence-electron chi connectivity index (χ3n) is 3.51. The number of rotatable bonds is 2. The molecule has 1 saturated heterocycles. The molecule has 0 radical (unpaired) electrons. The summed E-state index contributed by atoms with van der Waals surface area (Å²) in [6, 6.07) is 13.1. The van der Waals surface area contributed by atoms with Gasteiger partial charge >= 0.3 is 0 Å². The number of nitrogens with one attached hydrogen (secondary N) is 1. The van der Waals surface area contributed by atoms with Crippen molar-refractivity contribution in [1.29, 1.82) is 0 Å². The van der Waals surface area contributed by atoms with Crippen LogP contribution in [-0.2, 0) is 0 Å². The Kier molecular flexibility index (Phi) is 3.25. The van der Waals surface area contributed by atoms with Gasteiger partial charge in [-0.1, -0.05) is 30.3 Å². The minimum atomic E-state index is 0.748. The summed E-state index contributed by atoms with van der Waals surface area (Å²) in [4.78, 5) is 1.47. The lowest BCUT2D eigenvalue weighted by molar-refractivity contribution is 0.462. The van der Waals surface area contributed by atoms with E-state index < -0.39 is 0 Å². The summed E-state index contributed by atoms with van der Waals surface area (Å²) in [5.41, 5.74) is 2.93. The maximum Gasteiger partial charge on any atom is 0.0377 e. The highest BCUT2D eigenvalue weighted by Crippen LogP contribution is 2.37. The molecule has 0 bridgehead atoms. The van der Waals surface area contributed by atoms with Crippen LogP contribution in [0.2, 0.25) is 0 Å². The minimum absolute atomic E-state index is 0.748. The van der Waals surface area contributed by atoms with Gasteiger partial charge in [-0.25, -0.2) is 0 Å². The number of thiophene rings is 1. The van der Waals surface area contributed by atoms with Gasteiger partial charge in [0.2, 0.25) is 0 Å². The molecular formula is C15H17NS. The first-order valence-corrected chi connectivity index (χ1v) is 7.16. The lowest BCUT2D eigenvalue weighted by Gasteiger charge is -2.23. The molecule has 3 rings (SSSR count). The predicted octanol–water partition coefficient (Wildman–Crippen LogP) is 3.88. The Balaban J connectivity index is 1.93. The van der Waals surface area contributed by atoms with E-state index in [1.807, 2.05) is 11.3 Å². The van der Waals surface area contributed by atoms with Gasteiger partial charge in [-0.3, -0.25) is 0 Å². The van der Waals surface area contributed by atoms with Gasteiger partial charge in [0.15, 0.2) is 0 Å². The van der Waals surface area contributed by atoms with E-state index in [1.165, 1.54) is 23.3 Å². The van der Waals surface area contributed by atoms with Crippen molar-refractivity contribution in [3.63, 3.8) is 0 Å². The first-order chi connectivity index (χ1) is 8.45. The largest absolute Gasteiger partial charge is 0.317 e. The molecule has 0 saturated carbocycles. The first-order valence-electron chi connectivity index (χ1n) is 6.28. The van der Waals surface area contributed by atoms with Crippen LogP contribution in [0.25, 0.3) is 10.4 Å². The summed E-state index contributed by atoms with van der Waals surface area (Å²) < 4.78 is 0. The van der Waals surface area contributed by atoms with Gasteiger partial charge in [0.25, 0.3) is 0 Å². The fourth-order valence-electron chi connectivity index (χ4n) is 2.60. The molecule has 1 N–H and O–H groups in total. The van der Waals surface area contributed by atoms with Gasteiger partial charge in [-0.15, -0.1) is 11.3 Å². The van der Waals surface area contributed by atoms with Crippen LogP contribution in [0.1, 0.15) is 24.3 Å². The van der Waals surface area contributed by atoms with Gasteiger partial charge in [0, 0.05) is 4.88 Å². The first kappa shape index (κ1) is 11.0. The maximum atomic E-state index is 3.44. The van der Waals surface area contributed by atoms with Crippen LogP contribution in [-0.4, -0.2) is 13.1 Å². The molecule has 88 valence electrons. The van der Waals surface area contributed by atoms with Crippen LogP contribution in [0.3, 0.4) is 0 Å². The Morgan fingerprint density at radius 3 is 2.53 bits per heavy atom. The SMILES string of the molecule is c1ccc(-c2sccc2C2CCNCC2)cc1. The molecule has 1 aromatic carbocycles. The Hall–Kier alpha value is -1.12. The van der Waals surface area contributed by atoms with E-state index in [2.05, 4.69) is 47.1 Å². The molecular weight excluding hydrogens is 226 g/mol. The molecule has 0 unspecified atom stereocenters. The molecule has 1 aliphatic rings. The molecule has 2 heteroatoms. The van der Waals surface area contributed by atoms with Crippen molar-refractivity contribution in [3.05, 3.63) is 47.3 Å². The van der Waals surface area contributed by atoms with Crippen molar-refractivity contribution in [2.24, 2.45) is 0 Å². The fraction of sp³-hybridized carbons (Fsp3) is 0.333. The molecule has 0 atom stereocenters. The topological polar surface area (TPSA) is 12.0 Å². The van der Waals surface area contributed by atoms with Crippen LogP contribution in [0.15, 0.2) is 41.8 Å². The van der Waals surface area contributed by atoms with Crippen LogP contribution in [0.4, 0.5) is 0 Å². The smallest absolute Gasteiger partial charge is 0.0377 e. The zero-order valence-corrected chi connectivity index (χ0v) is 10.7. The van der Waals surface area contributed by atoms with Crippen LogP contribution in [0.5, 0.6) is 0 Å². The highest BCUT2D eigenvalue weighted by atomic mass is 32.1. The molecule has 1 aromatic heterocycles. The molecule has 1 fully saturated rings. The van der Waals surface area contributed by atoms with Gasteiger partial charge in [-0.05, 0) is 54.4 Å². The van der Waals surface area contributed by atoms with Crippen LogP contribution in [0, 0.1) is 0 Å². The van der Waals surface area contributed by atoms with Gasteiger partial charge in [-0.2, -0.15) is 0 Å². The lowest BCUT2D eigenvalue weighted by Crippen LogP contribution is -2.26. The fourth-order valence-corrected chi connectivity index (χ4v) is 3.59. The minimum Gasteiger partial charge on any atom is -0.317 e. The molecule has 0 spiro atoms. The van der Waals surface area contributed by atoms with Gasteiger partial charge in [0.05, 0.1) is 0 Å². The number of benzene rings is 1. The zero-order valence-electron chi connectivity index (χ0n) is 9.86. The third kappa shape index (κ3) is 2.28. The molecule has 0 aliphatic carbocycles. The Labute approximate surface area is 106 Å². The molecule has 2 aromatic rings. The Morgan fingerprint density at radius 1 is 1.00 bits per heavy atom. The number of hydrogen-bond acceptors (Lipinski definition) is 2. The Morgan fingerprint density at radius 2 is 1.76 bits per heavy atom. The number of piperidine rings is 1. The quantitative estimate of drug-likeness (QED) is 0.844. The van der Waals surface area contributed by atoms with Crippen molar-refractivity contribution in [3.8, 4) is 10.4 Å². The second-order valence-electron chi connectivity index (χ2n) is 4.60. The summed E-state index contributed by atoms with van der Waals surface area (Å²) in [5, 5.41) is 5.68. The summed E-state index contributed by atoms with van der Waals surface area (Å²) >= 11 is 1.88. The standard InChI is InChI=1S/C15H17NS/c1-2-4-13(5-3-1)15-14(8-11-17-15)12-6-9-16-10-7-12/h1-5,8,11-12,16H,6-7,9-10H2. The average Bonchev–Trinajstić information content (AvgIpc) is 2.90. The van der Waals surface area contributed by atoms with E-state index in [0.29, 0.717) is 0 Å². The normalized spacial score (nSPS) is 17.2. The molecule has 1 aliphatic heterocycles.